The molecule has 216 valence electrons. The number of fused-ring (bicyclic) bond motifs is 1. The van der Waals surface area contributed by atoms with E-state index in [0.29, 0.717) is 42.3 Å². The molecular formula is C30H42N6O4. The molecule has 10 heteroatoms. The van der Waals surface area contributed by atoms with E-state index in [4.69, 9.17) is 20.3 Å². The van der Waals surface area contributed by atoms with Crippen LogP contribution in [0.4, 0.5) is 16.3 Å². The Morgan fingerprint density at radius 3 is 2.62 bits per heavy atom. The number of methoxy groups -OCH3 is 1. The number of aromatic nitrogens is 3. The summed E-state index contributed by atoms with van der Waals surface area (Å²) in [6.45, 7) is 12.0. The molecule has 0 radical (unpaired) electrons. The van der Waals surface area contributed by atoms with Crippen molar-refractivity contribution >= 4 is 40.5 Å². The smallest absolute Gasteiger partial charge is 0.412 e. The molecule has 2 aromatic heterocycles. The number of carbonyl (C=O) groups is 2. The second-order valence-electron chi connectivity index (χ2n) is 10.8. The Balaban J connectivity index is 2.04. The molecule has 0 aliphatic carbocycles. The lowest BCUT2D eigenvalue weighted by Crippen LogP contribution is -2.33. The molecule has 3 rings (SSSR count). The number of benzene rings is 1. The Morgan fingerprint density at radius 2 is 1.98 bits per heavy atom. The van der Waals surface area contributed by atoms with Crippen LogP contribution in [0.2, 0.25) is 0 Å². The van der Waals surface area contributed by atoms with Crippen molar-refractivity contribution in [3.05, 3.63) is 36.0 Å². The maximum atomic E-state index is 12.4. The number of hydrogen-bond donors (Lipinski definition) is 3. The topological polar surface area (TPSA) is 133 Å². The number of nitrogens with zero attached hydrogens (tertiary/aromatic N) is 3. The summed E-state index contributed by atoms with van der Waals surface area (Å²) in [7, 11) is 1.54. The third-order valence-electron chi connectivity index (χ3n) is 6.13. The number of ether oxygens (including phenoxy) is 2. The lowest BCUT2D eigenvalue weighted by atomic mass is 10.1. The summed E-state index contributed by atoms with van der Waals surface area (Å²) in [6.07, 6.45) is 8.15. The zero-order valence-corrected chi connectivity index (χ0v) is 24.6. The third kappa shape index (κ3) is 7.74. The quantitative estimate of drug-likeness (QED) is 0.260. The van der Waals surface area contributed by atoms with Gasteiger partial charge in [-0.05, 0) is 59.1 Å². The number of hydrogen-bond acceptors (Lipinski definition) is 7. The fraction of sp³-hybridized carbons (Fsp3) is 0.467. The molecule has 0 saturated heterocycles. The van der Waals surface area contributed by atoms with Crippen LogP contribution in [-0.4, -0.2) is 45.5 Å². The van der Waals surface area contributed by atoms with Crippen LogP contribution in [0.15, 0.2) is 30.5 Å². The molecule has 0 saturated carbocycles. The van der Waals surface area contributed by atoms with Crippen LogP contribution in [0.3, 0.4) is 0 Å². The van der Waals surface area contributed by atoms with E-state index in [2.05, 4.69) is 28.6 Å². The van der Waals surface area contributed by atoms with E-state index in [1.807, 2.05) is 30.7 Å². The molecule has 2 heterocycles. The predicted molar refractivity (Wildman–Crippen MR) is 160 cm³/mol. The Hall–Kier alpha value is -4.08. The molecular weight excluding hydrogens is 508 g/mol. The van der Waals surface area contributed by atoms with E-state index >= 15 is 0 Å². The van der Waals surface area contributed by atoms with Gasteiger partial charge in [-0.3, -0.25) is 14.8 Å². The van der Waals surface area contributed by atoms with Gasteiger partial charge in [0, 0.05) is 36.3 Å². The Morgan fingerprint density at radius 1 is 1.23 bits per heavy atom. The van der Waals surface area contributed by atoms with Crippen molar-refractivity contribution in [2.45, 2.75) is 85.4 Å². The third-order valence-corrected chi connectivity index (χ3v) is 6.13. The van der Waals surface area contributed by atoms with Gasteiger partial charge in [0.05, 0.1) is 23.7 Å². The summed E-state index contributed by atoms with van der Waals surface area (Å²) in [4.78, 5) is 28.9. The van der Waals surface area contributed by atoms with Crippen molar-refractivity contribution in [1.29, 1.82) is 0 Å². The number of aryl methyl sites for hydroxylation is 1. The van der Waals surface area contributed by atoms with Gasteiger partial charge in [0.2, 0.25) is 5.91 Å². The van der Waals surface area contributed by atoms with Gasteiger partial charge in [-0.25, -0.2) is 9.78 Å². The largest absolute Gasteiger partial charge is 0.495 e. The maximum absolute atomic E-state index is 12.4. The second-order valence-corrected chi connectivity index (χ2v) is 10.8. The SMILES string of the molecule is CC/C=C/c1cnc(N)c2c(-c3ccc(NC(=O)OC(C)(C)C)c(OC)c3)nn(CC[C@@H](C)NC(=O)CCC)c12. The highest BCUT2D eigenvalue weighted by Crippen LogP contribution is 2.37. The average Bonchev–Trinajstić information content (AvgIpc) is 3.27. The maximum Gasteiger partial charge on any atom is 0.412 e. The zero-order valence-electron chi connectivity index (χ0n) is 24.6. The molecule has 4 N–H and O–H groups in total. The number of amides is 2. The van der Waals surface area contributed by atoms with Crippen molar-refractivity contribution in [3.63, 3.8) is 0 Å². The molecule has 0 fully saturated rings. The predicted octanol–water partition coefficient (Wildman–Crippen LogP) is 6.15. The van der Waals surface area contributed by atoms with Crippen molar-refractivity contribution in [2.24, 2.45) is 0 Å². The molecule has 10 nitrogen and oxygen atoms in total. The molecule has 1 aromatic carbocycles. The summed E-state index contributed by atoms with van der Waals surface area (Å²) in [5, 5.41) is 11.5. The van der Waals surface area contributed by atoms with Gasteiger partial charge in [0.25, 0.3) is 0 Å². The van der Waals surface area contributed by atoms with Crippen LogP contribution < -0.4 is 21.1 Å². The number of allylic oxidation sites excluding steroid dienone is 1. The van der Waals surface area contributed by atoms with Crippen LogP contribution in [0.5, 0.6) is 5.75 Å². The molecule has 0 unspecified atom stereocenters. The lowest BCUT2D eigenvalue weighted by molar-refractivity contribution is -0.121. The van der Waals surface area contributed by atoms with E-state index in [1.54, 1.807) is 39.1 Å². The Labute approximate surface area is 236 Å². The van der Waals surface area contributed by atoms with E-state index in [0.717, 1.165) is 34.9 Å². The highest BCUT2D eigenvalue weighted by Gasteiger charge is 2.22. The first-order valence-corrected chi connectivity index (χ1v) is 13.8. The summed E-state index contributed by atoms with van der Waals surface area (Å²) < 4.78 is 12.9. The number of anilines is 2. The highest BCUT2D eigenvalue weighted by molar-refractivity contribution is 6.04. The van der Waals surface area contributed by atoms with Crippen molar-refractivity contribution in [1.82, 2.24) is 20.1 Å². The monoisotopic (exact) mass is 550 g/mol. The van der Waals surface area contributed by atoms with Gasteiger partial charge in [-0.15, -0.1) is 0 Å². The normalized spacial score (nSPS) is 12.5. The fourth-order valence-corrected chi connectivity index (χ4v) is 4.31. The highest BCUT2D eigenvalue weighted by atomic mass is 16.6. The van der Waals surface area contributed by atoms with Gasteiger partial charge in [0.15, 0.2) is 0 Å². The first-order valence-electron chi connectivity index (χ1n) is 13.8. The average molecular weight is 551 g/mol. The number of pyridine rings is 1. The van der Waals surface area contributed by atoms with Gasteiger partial charge in [0.1, 0.15) is 22.9 Å². The van der Waals surface area contributed by atoms with E-state index < -0.39 is 11.7 Å². The van der Waals surface area contributed by atoms with Crippen LogP contribution >= 0.6 is 0 Å². The van der Waals surface area contributed by atoms with Crippen LogP contribution in [0, 0.1) is 0 Å². The molecule has 0 spiro atoms. The number of nitrogen functional groups attached to an aromatic ring is 1. The number of nitrogens with one attached hydrogen (secondary N) is 2. The van der Waals surface area contributed by atoms with Gasteiger partial charge in [-0.1, -0.05) is 32.1 Å². The molecule has 0 bridgehead atoms. The summed E-state index contributed by atoms with van der Waals surface area (Å²) in [5.41, 5.74) is 9.45. The molecule has 3 aromatic rings. The second kappa shape index (κ2) is 13.3. The van der Waals surface area contributed by atoms with Crippen LogP contribution in [-0.2, 0) is 16.1 Å². The van der Waals surface area contributed by atoms with Gasteiger partial charge >= 0.3 is 6.09 Å². The first kappa shape index (κ1) is 30.5. The molecule has 2 amide bonds. The standard InChI is InChI=1S/C30H42N6O4/c1-8-10-12-21-18-32-28(31)25-26(35-36(27(21)25)16-15-19(3)33-24(37)11-9-2)20-13-14-22(23(17-20)39-7)34-29(38)40-30(4,5)6/h10,12-14,17-19H,8-9,11,15-16H2,1-7H3,(H2,31,32)(H,33,37)(H,34,38)/b12-10+/t19-/m1/s1. The van der Waals surface area contributed by atoms with E-state index in [1.165, 1.54) is 7.11 Å². The summed E-state index contributed by atoms with van der Waals surface area (Å²) in [5.74, 6) is 0.865. The minimum atomic E-state index is -0.631. The van der Waals surface area contributed by atoms with Crippen LogP contribution in [0.1, 0.15) is 72.8 Å². The van der Waals surface area contributed by atoms with Gasteiger partial charge in [-0.2, -0.15) is 5.10 Å². The van der Waals surface area contributed by atoms with E-state index in [-0.39, 0.29) is 11.9 Å². The minimum Gasteiger partial charge on any atom is -0.495 e. The molecule has 0 aliphatic heterocycles. The van der Waals surface area contributed by atoms with Crippen molar-refractivity contribution in [2.75, 3.05) is 18.2 Å². The lowest BCUT2D eigenvalue weighted by Gasteiger charge is -2.20. The number of carbonyl (C=O) groups excluding carboxylic acids is 2. The first-order chi connectivity index (χ1) is 19.0. The molecule has 1 atom stereocenters. The number of nitrogens with two attached hydrogens (primary N) is 1. The van der Waals surface area contributed by atoms with Gasteiger partial charge < -0.3 is 20.5 Å². The molecule has 40 heavy (non-hydrogen) atoms. The van der Waals surface area contributed by atoms with E-state index in [9.17, 15) is 9.59 Å². The van der Waals surface area contributed by atoms with Crippen molar-refractivity contribution in [3.8, 4) is 17.0 Å². The minimum absolute atomic E-state index is 0.0196. The summed E-state index contributed by atoms with van der Waals surface area (Å²) in [6, 6.07) is 5.39. The van der Waals surface area contributed by atoms with Crippen LogP contribution in [0.25, 0.3) is 28.2 Å². The molecule has 0 aliphatic rings. The Bertz CT molecular complexity index is 1370. The summed E-state index contributed by atoms with van der Waals surface area (Å²) >= 11 is 0. The number of rotatable bonds is 11. The Kier molecular flexibility index (Phi) is 10.1. The zero-order chi connectivity index (χ0) is 29.4. The van der Waals surface area contributed by atoms with Crippen molar-refractivity contribution < 1.29 is 19.1 Å². The fourth-order valence-electron chi connectivity index (χ4n) is 4.31.